The van der Waals surface area contributed by atoms with Crippen LogP contribution in [-0.2, 0) is 0 Å². The van der Waals surface area contributed by atoms with Crippen molar-refractivity contribution in [1.29, 1.82) is 0 Å². The first-order valence-corrected chi connectivity index (χ1v) is 8.39. The highest BCUT2D eigenvalue weighted by molar-refractivity contribution is 5.97. The van der Waals surface area contributed by atoms with E-state index in [0.29, 0.717) is 11.6 Å². The highest BCUT2D eigenvalue weighted by Crippen LogP contribution is 2.23. The van der Waals surface area contributed by atoms with Crippen molar-refractivity contribution in [1.82, 2.24) is 20.6 Å². The van der Waals surface area contributed by atoms with E-state index in [4.69, 9.17) is 0 Å². The van der Waals surface area contributed by atoms with Gasteiger partial charge >= 0.3 is 0 Å². The number of nitrogens with one attached hydrogen (secondary N) is 2. The van der Waals surface area contributed by atoms with Crippen LogP contribution in [-0.4, -0.2) is 45.2 Å². The highest BCUT2D eigenvalue weighted by atomic mass is 16.3. The lowest BCUT2D eigenvalue weighted by atomic mass is 9.87. The molecule has 0 unspecified atom stereocenters. The number of benzene rings is 1. The molecule has 3 N–H and O–H groups in total. The maximum absolute atomic E-state index is 12.6. The Kier molecular flexibility index (Phi) is 4.78. The fraction of sp³-hybridized carbons (Fsp3) is 0.500. The standard InChI is InChI=1S/C18H24N4O2/c1-18(2,22-14-4-3-5-14)16(10-23)21-17(24)12-6-7-13-9-19-11-20-15(13)8-12/h6-9,11,14,16,22-23H,3-5,10H2,1-2H3,(H,21,24)/t16-/m1/s1. The van der Waals surface area contributed by atoms with Crippen LogP contribution in [0.4, 0.5) is 0 Å². The molecule has 1 aliphatic rings. The Morgan fingerprint density at radius 2 is 2.21 bits per heavy atom. The molecule has 0 bridgehead atoms. The van der Waals surface area contributed by atoms with Crippen molar-refractivity contribution in [3.05, 3.63) is 36.3 Å². The molecule has 6 heteroatoms. The predicted molar refractivity (Wildman–Crippen MR) is 92.7 cm³/mol. The maximum Gasteiger partial charge on any atom is 0.251 e. The molecule has 3 rings (SSSR count). The van der Waals surface area contributed by atoms with E-state index in [9.17, 15) is 9.90 Å². The summed E-state index contributed by atoms with van der Waals surface area (Å²) in [5, 5.41) is 17.1. The Labute approximate surface area is 141 Å². The molecule has 1 atom stereocenters. The molecular weight excluding hydrogens is 304 g/mol. The van der Waals surface area contributed by atoms with Gasteiger partial charge < -0.3 is 15.7 Å². The molecule has 128 valence electrons. The maximum atomic E-state index is 12.6. The molecule has 6 nitrogen and oxygen atoms in total. The molecule has 0 aliphatic heterocycles. The number of amides is 1. The van der Waals surface area contributed by atoms with E-state index in [1.54, 1.807) is 18.3 Å². The summed E-state index contributed by atoms with van der Waals surface area (Å²) in [5.74, 6) is -0.210. The van der Waals surface area contributed by atoms with Gasteiger partial charge in [0, 0.05) is 28.7 Å². The number of hydrogen-bond acceptors (Lipinski definition) is 5. The molecule has 1 heterocycles. The molecule has 0 saturated heterocycles. The van der Waals surface area contributed by atoms with Gasteiger partial charge in [0.05, 0.1) is 18.2 Å². The molecule has 24 heavy (non-hydrogen) atoms. The number of nitrogens with zero attached hydrogens (tertiary/aromatic N) is 2. The van der Waals surface area contributed by atoms with Crippen molar-refractivity contribution in [2.45, 2.75) is 50.7 Å². The number of aliphatic hydroxyl groups excluding tert-OH is 1. The number of rotatable bonds is 6. The Morgan fingerprint density at radius 1 is 1.42 bits per heavy atom. The van der Waals surface area contributed by atoms with Crippen molar-refractivity contribution < 1.29 is 9.90 Å². The third-order valence-corrected chi connectivity index (χ3v) is 4.81. The Bertz CT molecular complexity index is 728. The molecule has 1 saturated carbocycles. The van der Waals surface area contributed by atoms with Crippen molar-refractivity contribution >= 4 is 16.8 Å². The fourth-order valence-electron chi connectivity index (χ4n) is 2.99. The topological polar surface area (TPSA) is 87.1 Å². The largest absolute Gasteiger partial charge is 0.394 e. The van der Waals surface area contributed by atoms with Crippen LogP contribution >= 0.6 is 0 Å². The summed E-state index contributed by atoms with van der Waals surface area (Å²) < 4.78 is 0. The van der Waals surface area contributed by atoms with Crippen molar-refractivity contribution in [3.63, 3.8) is 0 Å². The van der Waals surface area contributed by atoms with E-state index in [2.05, 4.69) is 20.6 Å². The monoisotopic (exact) mass is 328 g/mol. The normalized spacial score (nSPS) is 16.6. The molecule has 1 aromatic heterocycles. The molecular formula is C18H24N4O2. The van der Waals surface area contributed by atoms with Crippen molar-refractivity contribution in [2.75, 3.05) is 6.61 Å². The molecule has 0 spiro atoms. The highest BCUT2D eigenvalue weighted by Gasteiger charge is 2.34. The smallest absolute Gasteiger partial charge is 0.251 e. The van der Waals surface area contributed by atoms with Crippen LogP contribution in [0.15, 0.2) is 30.7 Å². The first-order valence-electron chi connectivity index (χ1n) is 8.39. The summed E-state index contributed by atoms with van der Waals surface area (Å²) in [6.07, 6.45) is 6.72. The van der Waals surface area contributed by atoms with Gasteiger partial charge in [-0.15, -0.1) is 0 Å². The van der Waals surface area contributed by atoms with Crippen LogP contribution in [0.1, 0.15) is 43.5 Å². The minimum atomic E-state index is -0.380. The Morgan fingerprint density at radius 3 is 2.88 bits per heavy atom. The molecule has 2 aromatic rings. The predicted octanol–water partition coefficient (Wildman–Crippen LogP) is 1.64. The van der Waals surface area contributed by atoms with Crippen LogP contribution < -0.4 is 10.6 Å². The summed E-state index contributed by atoms with van der Waals surface area (Å²) >= 11 is 0. The quantitative estimate of drug-likeness (QED) is 0.750. The van der Waals surface area contributed by atoms with Crippen LogP contribution in [0.2, 0.25) is 0 Å². The number of carbonyl (C=O) groups is 1. The van der Waals surface area contributed by atoms with Crippen LogP contribution in [0.25, 0.3) is 10.9 Å². The Hall–Kier alpha value is -2.05. The van der Waals surface area contributed by atoms with Crippen LogP contribution in [0.5, 0.6) is 0 Å². The summed E-state index contributed by atoms with van der Waals surface area (Å²) in [5.41, 5.74) is 0.873. The molecule has 1 aliphatic carbocycles. The van der Waals surface area contributed by atoms with Gasteiger partial charge in [-0.1, -0.05) is 12.5 Å². The third kappa shape index (κ3) is 3.55. The van der Waals surface area contributed by atoms with Crippen LogP contribution in [0.3, 0.4) is 0 Å². The van der Waals surface area contributed by atoms with Crippen LogP contribution in [0, 0.1) is 0 Å². The SMILES string of the molecule is CC(C)(NC1CCC1)[C@@H](CO)NC(=O)c1ccc2cncnc2c1. The summed E-state index contributed by atoms with van der Waals surface area (Å²) in [7, 11) is 0. The van der Waals surface area contributed by atoms with E-state index in [1.165, 1.54) is 12.7 Å². The van der Waals surface area contributed by atoms with E-state index in [1.807, 2.05) is 19.9 Å². The lowest BCUT2D eigenvalue weighted by molar-refractivity contribution is 0.0843. The number of aromatic nitrogens is 2. The number of fused-ring (bicyclic) bond motifs is 1. The van der Waals surface area contributed by atoms with Gasteiger partial charge in [0.15, 0.2) is 0 Å². The zero-order chi connectivity index (χ0) is 17.2. The van der Waals surface area contributed by atoms with Gasteiger partial charge in [-0.25, -0.2) is 9.97 Å². The Balaban J connectivity index is 1.72. The van der Waals surface area contributed by atoms with Gasteiger partial charge in [0.25, 0.3) is 5.91 Å². The van der Waals surface area contributed by atoms with E-state index in [0.717, 1.165) is 23.7 Å². The molecule has 1 fully saturated rings. The van der Waals surface area contributed by atoms with E-state index < -0.39 is 0 Å². The zero-order valence-corrected chi connectivity index (χ0v) is 14.1. The van der Waals surface area contributed by atoms with Gasteiger partial charge in [-0.05, 0) is 38.8 Å². The first-order chi connectivity index (χ1) is 11.5. The van der Waals surface area contributed by atoms with Gasteiger partial charge in [0.1, 0.15) is 6.33 Å². The summed E-state index contributed by atoms with van der Waals surface area (Å²) in [6.45, 7) is 3.91. The zero-order valence-electron chi connectivity index (χ0n) is 14.1. The fourth-order valence-corrected chi connectivity index (χ4v) is 2.99. The molecule has 1 aromatic carbocycles. The lowest BCUT2D eigenvalue weighted by Gasteiger charge is -2.41. The summed E-state index contributed by atoms with van der Waals surface area (Å²) in [4.78, 5) is 20.7. The second kappa shape index (κ2) is 6.83. The van der Waals surface area contributed by atoms with Crippen molar-refractivity contribution in [3.8, 4) is 0 Å². The third-order valence-electron chi connectivity index (χ3n) is 4.81. The van der Waals surface area contributed by atoms with Crippen molar-refractivity contribution in [2.24, 2.45) is 0 Å². The second-order valence-electron chi connectivity index (χ2n) is 7.00. The average molecular weight is 328 g/mol. The minimum absolute atomic E-state index is 0.117. The van der Waals surface area contributed by atoms with E-state index in [-0.39, 0.29) is 24.1 Å². The second-order valence-corrected chi connectivity index (χ2v) is 7.00. The summed E-state index contributed by atoms with van der Waals surface area (Å²) in [6, 6.07) is 5.43. The minimum Gasteiger partial charge on any atom is -0.394 e. The number of hydrogen-bond donors (Lipinski definition) is 3. The number of carbonyl (C=O) groups excluding carboxylic acids is 1. The van der Waals surface area contributed by atoms with Gasteiger partial charge in [-0.2, -0.15) is 0 Å². The first kappa shape index (κ1) is 16.8. The molecule has 1 amide bonds. The lowest BCUT2D eigenvalue weighted by Crippen LogP contribution is -2.62. The van der Waals surface area contributed by atoms with Gasteiger partial charge in [-0.3, -0.25) is 4.79 Å². The molecule has 0 radical (unpaired) electrons. The number of aliphatic hydroxyl groups is 1. The average Bonchev–Trinajstić information content (AvgIpc) is 2.55. The van der Waals surface area contributed by atoms with Gasteiger partial charge in [0.2, 0.25) is 0 Å². The van der Waals surface area contributed by atoms with E-state index >= 15 is 0 Å².